The maximum atomic E-state index is 12.6. The lowest BCUT2D eigenvalue weighted by Gasteiger charge is -2.31. The molecule has 0 unspecified atom stereocenters. The Labute approximate surface area is 105 Å². The molecule has 1 N–H and O–H groups in total. The second kappa shape index (κ2) is 5.47. The Balaban J connectivity index is 2.46. The lowest BCUT2D eigenvalue weighted by molar-refractivity contribution is -0.183. The smallest absolute Gasteiger partial charge is 0.393 e. The van der Waals surface area contributed by atoms with Gasteiger partial charge in [-0.3, -0.25) is 4.79 Å². The molecule has 1 aliphatic heterocycles. The molecule has 0 radical (unpaired) electrons. The number of rotatable bonds is 2. The molecule has 0 bridgehead atoms. The average molecular weight is 267 g/mol. The van der Waals surface area contributed by atoms with Crippen molar-refractivity contribution < 1.29 is 22.7 Å². The van der Waals surface area contributed by atoms with E-state index >= 15 is 0 Å². The Bertz CT molecular complexity index is 297. The number of carbonyl (C=O) groups excluding carboxylic acids is 1. The van der Waals surface area contributed by atoms with Crippen LogP contribution >= 0.6 is 0 Å². The largest absolute Gasteiger partial charge is 0.460 e. The molecule has 0 saturated carbocycles. The summed E-state index contributed by atoms with van der Waals surface area (Å²) in [4.78, 5) is 11.6. The zero-order valence-electron chi connectivity index (χ0n) is 10.9. The molecule has 0 aliphatic carbocycles. The summed E-state index contributed by atoms with van der Waals surface area (Å²) < 4.78 is 42.8. The highest BCUT2D eigenvalue weighted by Gasteiger charge is 2.42. The van der Waals surface area contributed by atoms with Crippen LogP contribution in [-0.2, 0) is 9.53 Å². The van der Waals surface area contributed by atoms with Crippen LogP contribution in [0.2, 0.25) is 0 Å². The van der Waals surface area contributed by atoms with Crippen LogP contribution in [0.4, 0.5) is 13.2 Å². The number of esters is 1. The number of piperidine rings is 1. The van der Waals surface area contributed by atoms with E-state index in [2.05, 4.69) is 5.32 Å². The van der Waals surface area contributed by atoms with Crippen LogP contribution in [0.5, 0.6) is 0 Å². The summed E-state index contributed by atoms with van der Waals surface area (Å²) in [5, 5.41) is 2.73. The standard InChI is InChI=1S/C12H20F3NO2/c1-11(2,3)18-10(17)5-8-4-9(7-16-6-8)12(13,14)15/h8-9,16H,4-7H2,1-3H3/t8-,9-/m1/s1. The third-order valence-electron chi connectivity index (χ3n) is 2.78. The molecule has 6 heteroatoms. The molecule has 106 valence electrons. The number of alkyl halides is 3. The highest BCUT2D eigenvalue weighted by atomic mass is 19.4. The molecule has 3 nitrogen and oxygen atoms in total. The quantitative estimate of drug-likeness (QED) is 0.781. The minimum atomic E-state index is -4.19. The first-order valence-electron chi connectivity index (χ1n) is 6.07. The topological polar surface area (TPSA) is 38.3 Å². The van der Waals surface area contributed by atoms with Crippen molar-refractivity contribution in [2.75, 3.05) is 13.1 Å². The molecule has 1 fully saturated rings. The van der Waals surface area contributed by atoms with Crippen LogP contribution in [0.25, 0.3) is 0 Å². The fourth-order valence-corrected chi connectivity index (χ4v) is 2.05. The van der Waals surface area contributed by atoms with Gasteiger partial charge in [-0.2, -0.15) is 13.2 Å². The van der Waals surface area contributed by atoms with Crippen LogP contribution in [0.15, 0.2) is 0 Å². The lowest BCUT2D eigenvalue weighted by Crippen LogP contribution is -2.43. The minimum Gasteiger partial charge on any atom is -0.460 e. The van der Waals surface area contributed by atoms with Gasteiger partial charge >= 0.3 is 12.1 Å². The molecule has 0 amide bonds. The van der Waals surface area contributed by atoms with E-state index in [1.165, 1.54) is 0 Å². The van der Waals surface area contributed by atoms with Gasteiger partial charge in [-0.05, 0) is 39.7 Å². The Morgan fingerprint density at radius 2 is 1.89 bits per heavy atom. The number of ether oxygens (including phenoxy) is 1. The highest BCUT2D eigenvalue weighted by Crippen LogP contribution is 2.33. The summed E-state index contributed by atoms with van der Waals surface area (Å²) >= 11 is 0. The van der Waals surface area contributed by atoms with Crippen LogP contribution < -0.4 is 5.32 Å². The van der Waals surface area contributed by atoms with Crippen LogP contribution in [0, 0.1) is 11.8 Å². The molecule has 1 saturated heterocycles. The number of halogens is 3. The third-order valence-corrected chi connectivity index (χ3v) is 2.78. The highest BCUT2D eigenvalue weighted by molar-refractivity contribution is 5.70. The predicted octanol–water partition coefficient (Wildman–Crippen LogP) is 2.51. The van der Waals surface area contributed by atoms with Gasteiger partial charge in [0.15, 0.2) is 0 Å². The van der Waals surface area contributed by atoms with Gasteiger partial charge in [-0.1, -0.05) is 0 Å². The molecular formula is C12H20F3NO2. The second-order valence-corrected chi connectivity index (χ2v) is 5.79. The van der Waals surface area contributed by atoms with Gasteiger partial charge in [0, 0.05) is 13.0 Å². The van der Waals surface area contributed by atoms with Gasteiger partial charge in [-0.25, -0.2) is 0 Å². The summed E-state index contributed by atoms with van der Waals surface area (Å²) in [7, 11) is 0. The summed E-state index contributed by atoms with van der Waals surface area (Å²) in [5.74, 6) is -2.10. The van der Waals surface area contributed by atoms with E-state index in [1.807, 2.05) is 0 Å². The Hall–Kier alpha value is -0.780. The first kappa shape index (κ1) is 15.3. The van der Waals surface area contributed by atoms with Crippen molar-refractivity contribution in [1.29, 1.82) is 0 Å². The molecule has 1 rings (SSSR count). The molecule has 1 heterocycles. The molecule has 1 aliphatic rings. The number of nitrogens with one attached hydrogen (secondary N) is 1. The van der Waals surface area contributed by atoms with E-state index in [9.17, 15) is 18.0 Å². The third kappa shape index (κ3) is 5.25. The fourth-order valence-electron chi connectivity index (χ4n) is 2.05. The molecule has 0 aromatic carbocycles. The van der Waals surface area contributed by atoms with Crippen molar-refractivity contribution in [2.45, 2.75) is 45.4 Å². The summed E-state index contributed by atoms with van der Waals surface area (Å²) in [6.45, 7) is 5.59. The second-order valence-electron chi connectivity index (χ2n) is 5.79. The molecule has 18 heavy (non-hydrogen) atoms. The molecule has 0 spiro atoms. The van der Waals surface area contributed by atoms with Crippen molar-refractivity contribution in [3.8, 4) is 0 Å². The Kier molecular flexibility index (Phi) is 4.64. The normalized spacial score (nSPS) is 25.9. The first-order chi connectivity index (χ1) is 8.08. The summed E-state index contributed by atoms with van der Waals surface area (Å²) in [6.07, 6.45) is -4.16. The minimum absolute atomic E-state index is 0.00422. The van der Waals surface area contributed by atoms with E-state index in [4.69, 9.17) is 4.74 Å². The predicted molar refractivity (Wildman–Crippen MR) is 61.0 cm³/mol. The Morgan fingerprint density at radius 1 is 1.28 bits per heavy atom. The van der Waals surface area contributed by atoms with E-state index < -0.39 is 23.7 Å². The van der Waals surface area contributed by atoms with Gasteiger partial charge < -0.3 is 10.1 Å². The van der Waals surface area contributed by atoms with Crippen LogP contribution in [-0.4, -0.2) is 30.8 Å². The van der Waals surface area contributed by atoms with Gasteiger partial charge in [0.2, 0.25) is 0 Å². The van der Waals surface area contributed by atoms with Gasteiger partial charge in [0.05, 0.1) is 5.92 Å². The average Bonchev–Trinajstić information content (AvgIpc) is 2.13. The number of carbonyl (C=O) groups is 1. The zero-order chi connectivity index (χ0) is 14.0. The SMILES string of the molecule is CC(C)(C)OC(=O)C[C@@H]1CNC[C@H](C(F)(F)F)C1. The van der Waals surface area contributed by atoms with Crippen molar-refractivity contribution in [1.82, 2.24) is 5.32 Å². The Morgan fingerprint density at radius 3 is 2.39 bits per heavy atom. The molecule has 0 aromatic heterocycles. The molecule has 0 aromatic rings. The van der Waals surface area contributed by atoms with Crippen molar-refractivity contribution in [3.63, 3.8) is 0 Å². The van der Waals surface area contributed by atoms with E-state index in [-0.39, 0.29) is 25.3 Å². The van der Waals surface area contributed by atoms with E-state index in [1.54, 1.807) is 20.8 Å². The van der Waals surface area contributed by atoms with Gasteiger partial charge in [0.25, 0.3) is 0 Å². The first-order valence-corrected chi connectivity index (χ1v) is 6.07. The van der Waals surface area contributed by atoms with Crippen molar-refractivity contribution >= 4 is 5.97 Å². The summed E-state index contributed by atoms with van der Waals surface area (Å²) in [5.41, 5.74) is -0.595. The maximum absolute atomic E-state index is 12.6. The number of hydrogen-bond donors (Lipinski definition) is 1. The zero-order valence-corrected chi connectivity index (χ0v) is 10.9. The van der Waals surface area contributed by atoms with Crippen molar-refractivity contribution in [3.05, 3.63) is 0 Å². The molecular weight excluding hydrogens is 247 g/mol. The van der Waals surface area contributed by atoms with E-state index in [0.717, 1.165) is 0 Å². The van der Waals surface area contributed by atoms with Crippen LogP contribution in [0.1, 0.15) is 33.6 Å². The maximum Gasteiger partial charge on any atom is 0.393 e. The van der Waals surface area contributed by atoms with Crippen LogP contribution in [0.3, 0.4) is 0 Å². The van der Waals surface area contributed by atoms with Crippen molar-refractivity contribution in [2.24, 2.45) is 11.8 Å². The monoisotopic (exact) mass is 267 g/mol. The van der Waals surface area contributed by atoms with Gasteiger partial charge in [-0.15, -0.1) is 0 Å². The molecule has 2 atom stereocenters. The fraction of sp³-hybridized carbons (Fsp3) is 0.917. The van der Waals surface area contributed by atoms with E-state index in [0.29, 0.717) is 6.54 Å². The summed E-state index contributed by atoms with van der Waals surface area (Å²) in [6, 6.07) is 0. The lowest BCUT2D eigenvalue weighted by atomic mass is 9.88. The van der Waals surface area contributed by atoms with Gasteiger partial charge in [0.1, 0.15) is 5.60 Å². The number of hydrogen-bond acceptors (Lipinski definition) is 3.